The van der Waals surface area contributed by atoms with E-state index in [1.165, 1.54) is 12.1 Å². The van der Waals surface area contributed by atoms with E-state index in [9.17, 15) is 13.9 Å². The number of unbranched alkanes of at least 4 members (excludes halogenated alkanes) is 1. The summed E-state index contributed by atoms with van der Waals surface area (Å²) in [5.74, 6) is -1.96. The molecule has 1 aromatic carbocycles. The number of hydrogen-bond acceptors (Lipinski definition) is 2. The number of aliphatic hydroxyl groups excluding tert-OH is 1. The van der Waals surface area contributed by atoms with E-state index in [-0.39, 0.29) is 12.2 Å². The van der Waals surface area contributed by atoms with E-state index in [2.05, 4.69) is 0 Å². The van der Waals surface area contributed by atoms with Gasteiger partial charge in [0.25, 0.3) is 0 Å². The van der Waals surface area contributed by atoms with E-state index >= 15 is 0 Å². The van der Waals surface area contributed by atoms with Gasteiger partial charge in [0.15, 0.2) is 11.6 Å². The number of halogens is 2. The highest BCUT2D eigenvalue weighted by atomic mass is 19.2. The monoisotopic (exact) mass is 230 g/mol. The second-order valence-electron chi connectivity index (χ2n) is 3.59. The zero-order valence-electron chi connectivity index (χ0n) is 9.25. The highest BCUT2D eigenvalue weighted by Crippen LogP contribution is 2.19. The smallest absolute Gasteiger partial charge is 0.164 e. The topological polar surface area (TPSA) is 29.5 Å². The Balaban J connectivity index is 2.52. The first kappa shape index (κ1) is 13.1. The van der Waals surface area contributed by atoms with Gasteiger partial charge < -0.3 is 9.84 Å². The van der Waals surface area contributed by atoms with Gasteiger partial charge in [0.05, 0.1) is 6.61 Å². The Kier molecular flexibility index (Phi) is 5.35. The lowest BCUT2D eigenvalue weighted by Gasteiger charge is -2.12. The van der Waals surface area contributed by atoms with E-state index in [1.807, 2.05) is 6.92 Å². The predicted octanol–water partition coefficient (Wildman–Crippen LogP) is 2.81. The van der Waals surface area contributed by atoms with Crippen LogP contribution in [0.2, 0.25) is 0 Å². The summed E-state index contributed by atoms with van der Waals surface area (Å²) in [6.45, 7) is 2.52. The fourth-order valence-electron chi connectivity index (χ4n) is 1.31. The zero-order chi connectivity index (χ0) is 12.0. The predicted molar refractivity (Wildman–Crippen MR) is 57.0 cm³/mol. The molecule has 0 bridgehead atoms. The summed E-state index contributed by atoms with van der Waals surface area (Å²) in [6.07, 6.45) is 0.760. The van der Waals surface area contributed by atoms with Crippen LogP contribution >= 0.6 is 0 Å². The Hall–Kier alpha value is -1.00. The molecular weight excluding hydrogens is 214 g/mol. The van der Waals surface area contributed by atoms with Gasteiger partial charge in [-0.2, -0.15) is 0 Å². The van der Waals surface area contributed by atoms with Crippen molar-refractivity contribution in [3.63, 3.8) is 0 Å². The minimum absolute atomic E-state index is 0.0135. The van der Waals surface area contributed by atoms with Crippen LogP contribution in [0.1, 0.15) is 31.4 Å². The number of benzene rings is 1. The summed E-state index contributed by atoms with van der Waals surface area (Å²) in [5, 5.41) is 9.59. The van der Waals surface area contributed by atoms with Gasteiger partial charge >= 0.3 is 0 Å². The lowest BCUT2D eigenvalue weighted by atomic mass is 10.1. The van der Waals surface area contributed by atoms with Crippen LogP contribution in [0.5, 0.6) is 0 Å². The molecule has 0 aliphatic rings. The summed E-state index contributed by atoms with van der Waals surface area (Å²) in [7, 11) is 0. The molecule has 0 aliphatic heterocycles. The molecular formula is C12H16F2O2. The van der Waals surface area contributed by atoms with Crippen molar-refractivity contribution in [2.75, 3.05) is 13.2 Å². The number of aliphatic hydroxyl groups is 1. The van der Waals surface area contributed by atoms with Crippen molar-refractivity contribution in [1.29, 1.82) is 0 Å². The lowest BCUT2D eigenvalue weighted by Crippen LogP contribution is -2.10. The van der Waals surface area contributed by atoms with Crippen molar-refractivity contribution in [2.45, 2.75) is 25.9 Å². The maximum Gasteiger partial charge on any atom is 0.164 e. The van der Waals surface area contributed by atoms with E-state index in [0.717, 1.165) is 18.9 Å². The SMILES string of the molecule is CCCCOCC(O)c1cccc(F)c1F. The standard InChI is InChI=1S/C12H16F2O2/c1-2-3-7-16-8-11(15)9-5-4-6-10(13)12(9)14/h4-6,11,15H,2-3,7-8H2,1H3. The molecule has 1 aromatic rings. The molecule has 0 fully saturated rings. The Morgan fingerprint density at radius 1 is 1.38 bits per heavy atom. The molecule has 0 heterocycles. The number of ether oxygens (including phenoxy) is 1. The maximum absolute atomic E-state index is 13.2. The van der Waals surface area contributed by atoms with Gasteiger partial charge in [-0.15, -0.1) is 0 Å². The van der Waals surface area contributed by atoms with Crippen molar-refractivity contribution < 1.29 is 18.6 Å². The summed E-state index contributed by atoms with van der Waals surface area (Å²) in [6, 6.07) is 3.73. The molecule has 4 heteroatoms. The first-order chi connectivity index (χ1) is 7.66. The van der Waals surface area contributed by atoms with Crippen molar-refractivity contribution in [1.82, 2.24) is 0 Å². The molecule has 0 aliphatic carbocycles. The third-order valence-corrected chi connectivity index (χ3v) is 2.26. The van der Waals surface area contributed by atoms with Crippen LogP contribution in [0.4, 0.5) is 8.78 Å². The minimum Gasteiger partial charge on any atom is -0.386 e. The van der Waals surface area contributed by atoms with Crippen LogP contribution in [-0.2, 0) is 4.74 Å². The van der Waals surface area contributed by atoms with Crippen LogP contribution in [0.25, 0.3) is 0 Å². The molecule has 0 aromatic heterocycles. The lowest BCUT2D eigenvalue weighted by molar-refractivity contribution is 0.0329. The molecule has 0 amide bonds. The molecule has 1 unspecified atom stereocenters. The fraction of sp³-hybridized carbons (Fsp3) is 0.500. The fourth-order valence-corrected chi connectivity index (χ4v) is 1.31. The van der Waals surface area contributed by atoms with E-state index in [4.69, 9.17) is 4.74 Å². The van der Waals surface area contributed by atoms with Gasteiger partial charge in [-0.1, -0.05) is 25.5 Å². The van der Waals surface area contributed by atoms with E-state index < -0.39 is 17.7 Å². The van der Waals surface area contributed by atoms with Crippen LogP contribution in [-0.4, -0.2) is 18.3 Å². The van der Waals surface area contributed by atoms with Crippen LogP contribution < -0.4 is 0 Å². The third-order valence-electron chi connectivity index (χ3n) is 2.26. The number of hydrogen-bond donors (Lipinski definition) is 1. The normalized spacial score (nSPS) is 12.8. The Morgan fingerprint density at radius 2 is 2.12 bits per heavy atom. The second kappa shape index (κ2) is 6.55. The summed E-state index contributed by atoms with van der Waals surface area (Å²) in [4.78, 5) is 0. The molecule has 1 N–H and O–H groups in total. The van der Waals surface area contributed by atoms with Crippen molar-refractivity contribution in [3.05, 3.63) is 35.4 Å². The van der Waals surface area contributed by atoms with Crippen LogP contribution in [0, 0.1) is 11.6 Å². The summed E-state index contributed by atoms with van der Waals surface area (Å²) in [5.41, 5.74) is -0.0588. The number of rotatable bonds is 6. The molecule has 16 heavy (non-hydrogen) atoms. The second-order valence-corrected chi connectivity index (χ2v) is 3.59. The summed E-state index contributed by atoms with van der Waals surface area (Å²) >= 11 is 0. The molecule has 0 radical (unpaired) electrons. The van der Waals surface area contributed by atoms with Crippen LogP contribution in [0.15, 0.2) is 18.2 Å². The Morgan fingerprint density at radius 3 is 2.81 bits per heavy atom. The minimum atomic E-state index is -1.12. The van der Waals surface area contributed by atoms with Gasteiger partial charge in [-0.05, 0) is 12.5 Å². The van der Waals surface area contributed by atoms with Crippen molar-refractivity contribution in [2.24, 2.45) is 0 Å². The average molecular weight is 230 g/mol. The Labute approximate surface area is 93.9 Å². The quantitative estimate of drug-likeness (QED) is 0.761. The maximum atomic E-state index is 13.2. The van der Waals surface area contributed by atoms with E-state index in [1.54, 1.807) is 0 Å². The highest BCUT2D eigenvalue weighted by molar-refractivity contribution is 5.21. The largest absolute Gasteiger partial charge is 0.386 e. The molecule has 0 saturated heterocycles. The van der Waals surface area contributed by atoms with Gasteiger partial charge in [0.1, 0.15) is 6.10 Å². The van der Waals surface area contributed by atoms with Crippen molar-refractivity contribution >= 4 is 0 Å². The molecule has 0 spiro atoms. The van der Waals surface area contributed by atoms with Gasteiger partial charge in [-0.25, -0.2) is 8.78 Å². The first-order valence-corrected chi connectivity index (χ1v) is 5.36. The zero-order valence-corrected chi connectivity index (χ0v) is 9.25. The average Bonchev–Trinajstić information content (AvgIpc) is 2.28. The van der Waals surface area contributed by atoms with Gasteiger partial charge in [0, 0.05) is 12.2 Å². The molecule has 1 rings (SSSR count). The third kappa shape index (κ3) is 3.54. The van der Waals surface area contributed by atoms with E-state index in [0.29, 0.717) is 6.61 Å². The molecule has 2 nitrogen and oxygen atoms in total. The molecule has 90 valence electrons. The van der Waals surface area contributed by atoms with Gasteiger partial charge in [-0.3, -0.25) is 0 Å². The van der Waals surface area contributed by atoms with Crippen molar-refractivity contribution in [3.8, 4) is 0 Å². The highest BCUT2D eigenvalue weighted by Gasteiger charge is 2.15. The molecule has 1 atom stereocenters. The first-order valence-electron chi connectivity index (χ1n) is 5.36. The van der Waals surface area contributed by atoms with Crippen LogP contribution in [0.3, 0.4) is 0 Å². The van der Waals surface area contributed by atoms with Gasteiger partial charge in [0.2, 0.25) is 0 Å². The summed E-state index contributed by atoms with van der Waals surface area (Å²) < 4.78 is 31.2. The molecule has 0 saturated carbocycles. The Bertz CT molecular complexity index is 329.